The van der Waals surface area contributed by atoms with E-state index in [1.54, 1.807) is 12.1 Å². The third kappa shape index (κ3) is 3.13. The van der Waals surface area contributed by atoms with Gasteiger partial charge in [0, 0.05) is 24.8 Å². The molecule has 0 radical (unpaired) electrons. The van der Waals surface area contributed by atoms with Gasteiger partial charge in [-0.3, -0.25) is 0 Å². The van der Waals surface area contributed by atoms with Gasteiger partial charge < -0.3 is 16.0 Å². The molecule has 0 bridgehead atoms. The van der Waals surface area contributed by atoms with E-state index in [0.29, 0.717) is 23.3 Å². The topological polar surface area (TPSA) is 41.3 Å². The minimum absolute atomic E-state index is 0.223. The van der Waals surface area contributed by atoms with E-state index in [1.165, 1.54) is 6.07 Å². The maximum atomic E-state index is 13.8. The van der Waals surface area contributed by atoms with Crippen molar-refractivity contribution in [2.45, 2.75) is 26.3 Å². The Morgan fingerprint density at radius 2 is 2.28 bits per heavy atom. The third-order valence-electron chi connectivity index (χ3n) is 3.32. The SMILES string of the molecule is CC(C)CN[C@@H]1CCN(c2ccc(N)cc2F)C1. The molecule has 4 heteroatoms. The van der Waals surface area contributed by atoms with Crippen molar-refractivity contribution >= 4 is 11.4 Å². The predicted molar refractivity (Wildman–Crippen MR) is 74.3 cm³/mol. The molecule has 100 valence electrons. The average Bonchev–Trinajstić information content (AvgIpc) is 2.75. The summed E-state index contributed by atoms with van der Waals surface area (Å²) in [4.78, 5) is 2.09. The predicted octanol–water partition coefficient (Wildman–Crippen LogP) is 2.23. The Balaban J connectivity index is 1.95. The van der Waals surface area contributed by atoms with Gasteiger partial charge in [0.1, 0.15) is 5.82 Å². The molecular weight excluding hydrogens is 229 g/mol. The van der Waals surface area contributed by atoms with Gasteiger partial charge in [0.25, 0.3) is 0 Å². The number of nitrogens with two attached hydrogens (primary N) is 1. The monoisotopic (exact) mass is 251 g/mol. The standard InChI is InChI=1S/C14H22FN3/c1-10(2)8-17-12-5-6-18(9-12)14-4-3-11(16)7-13(14)15/h3-4,7,10,12,17H,5-6,8-9,16H2,1-2H3/t12-/m1/s1. The van der Waals surface area contributed by atoms with Gasteiger partial charge in [0.2, 0.25) is 0 Å². The highest BCUT2D eigenvalue weighted by Gasteiger charge is 2.24. The van der Waals surface area contributed by atoms with E-state index >= 15 is 0 Å². The molecule has 0 aliphatic carbocycles. The van der Waals surface area contributed by atoms with E-state index in [-0.39, 0.29) is 5.82 Å². The Morgan fingerprint density at radius 3 is 2.94 bits per heavy atom. The molecule has 2 rings (SSSR count). The van der Waals surface area contributed by atoms with Crippen molar-refractivity contribution in [1.29, 1.82) is 0 Å². The van der Waals surface area contributed by atoms with E-state index in [4.69, 9.17) is 5.73 Å². The van der Waals surface area contributed by atoms with E-state index < -0.39 is 0 Å². The molecule has 0 saturated carbocycles. The summed E-state index contributed by atoms with van der Waals surface area (Å²) in [5.41, 5.74) is 6.71. The van der Waals surface area contributed by atoms with E-state index in [9.17, 15) is 4.39 Å². The number of hydrogen-bond acceptors (Lipinski definition) is 3. The van der Waals surface area contributed by atoms with Crippen LogP contribution in [0.3, 0.4) is 0 Å². The van der Waals surface area contributed by atoms with Crippen LogP contribution in [0.4, 0.5) is 15.8 Å². The third-order valence-corrected chi connectivity index (χ3v) is 3.32. The van der Waals surface area contributed by atoms with Gasteiger partial charge in [-0.2, -0.15) is 0 Å². The summed E-state index contributed by atoms with van der Waals surface area (Å²) < 4.78 is 13.8. The average molecular weight is 251 g/mol. The molecule has 0 spiro atoms. The van der Waals surface area contributed by atoms with E-state index in [1.807, 2.05) is 0 Å². The summed E-state index contributed by atoms with van der Waals surface area (Å²) in [6.07, 6.45) is 1.07. The second kappa shape index (κ2) is 5.57. The van der Waals surface area contributed by atoms with Gasteiger partial charge >= 0.3 is 0 Å². The lowest BCUT2D eigenvalue weighted by molar-refractivity contribution is 0.485. The Kier molecular flexibility index (Phi) is 4.07. The Bertz CT molecular complexity index is 406. The van der Waals surface area contributed by atoms with Gasteiger partial charge in [0.05, 0.1) is 5.69 Å². The number of nitrogen functional groups attached to an aromatic ring is 1. The van der Waals surface area contributed by atoms with Crippen LogP contribution in [0.15, 0.2) is 18.2 Å². The van der Waals surface area contributed by atoms with Crippen molar-refractivity contribution in [2.24, 2.45) is 5.92 Å². The smallest absolute Gasteiger partial charge is 0.148 e. The normalized spacial score (nSPS) is 19.8. The van der Waals surface area contributed by atoms with E-state index in [2.05, 4.69) is 24.1 Å². The molecule has 1 aromatic rings. The van der Waals surface area contributed by atoms with Crippen molar-refractivity contribution in [3.8, 4) is 0 Å². The highest BCUT2D eigenvalue weighted by molar-refractivity contribution is 5.55. The molecule has 1 aliphatic heterocycles. The van der Waals surface area contributed by atoms with Crippen LogP contribution in [-0.2, 0) is 0 Å². The fraction of sp³-hybridized carbons (Fsp3) is 0.571. The zero-order valence-electron chi connectivity index (χ0n) is 11.1. The Hall–Kier alpha value is -1.29. The van der Waals surface area contributed by atoms with Gasteiger partial charge in [0.15, 0.2) is 0 Å². The van der Waals surface area contributed by atoms with E-state index in [0.717, 1.165) is 26.1 Å². The molecule has 1 aliphatic rings. The number of benzene rings is 1. The van der Waals surface area contributed by atoms with Crippen LogP contribution in [0, 0.1) is 11.7 Å². The minimum atomic E-state index is -0.223. The van der Waals surface area contributed by atoms with Crippen LogP contribution in [-0.4, -0.2) is 25.7 Å². The van der Waals surface area contributed by atoms with Gasteiger partial charge in [-0.15, -0.1) is 0 Å². The van der Waals surface area contributed by atoms with Crippen molar-refractivity contribution in [2.75, 3.05) is 30.3 Å². The number of nitrogens with zero attached hydrogens (tertiary/aromatic N) is 1. The maximum Gasteiger partial charge on any atom is 0.148 e. The summed E-state index contributed by atoms with van der Waals surface area (Å²) in [7, 11) is 0. The van der Waals surface area contributed by atoms with Gasteiger partial charge in [-0.05, 0) is 37.1 Å². The first-order valence-corrected chi connectivity index (χ1v) is 6.59. The summed E-state index contributed by atoms with van der Waals surface area (Å²) in [6.45, 7) is 7.17. The molecule has 3 N–H and O–H groups in total. The van der Waals surface area contributed by atoms with Gasteiger partial charge in [-0.25, -0.2) is 4.39 Å². The first-order chi connectivity index (χ1) is 8.56. The Labute approximate surface area is 108 Å². The highest BCUT2D eigenvalue weighted by Crippen LogP contribution is 2.25. The number of hydrogen-bond donors (Lipinski definition) is 2. The molecule has 3 nitrogen and oxygen atoms in total. The van der Waals surface area contributed by atoms with Crippen LogP contribution < -0.4 is 16.0 Å². The van der Waals surface area contributed by atoms with Crippen LogP contribution in [0.2, 0.25) is 0 Å². The summed E-state index contributed by atoms with van der Waals surface area (Å²) >= 11 is 0. The fourth-order valence-corrected chi connectivity index (χ4v) is 2.33. The van der Waals surface area contributed by atoms with Crippen molar-refractivity contribution in [3.63, 3.8) is 0 Å². The molecule has 0 unspecified atom stereocenters. The molecule has 0 amide bonds. The molecule has 1 aromatic carbocycles. The van der Waals surface area contributed by atoms with Crippen LogP contribution in [0.5, 0.6) is 0 Å². The first-order valence-electron chi connectivity index (χ1n) is 6.59. The zero-order valence-corrected chi connectivity index (χ0v) is 11.1. The van der Waals surface area contributed by atoms with Crippen molar-refractivity contribution < 1.29 is 4.39 Å². The minimum Gasteiger partial charge on any atom is -0.399 e. The molecule has 1 saturated heterocycles. The van der Waals surface area contributed by atoms with Gasteiger partial charge in [-0.1, -0.05) is 13.8 Å². The Morgan fingerprint density at radius 1 is 1.50 bits per heavy atom. The highest BCUT2D eigenvalue weighted by atomic mass is 19.1. The van der Waals surface area contributed by atoms with Crippen LogP contribution >= 0.6 is 0 Å². The lowest BCUT2D eigenvalue weighted by Gasteiger charge is -2.20. The molecule has 1 fully saturated rings. The second-order valence-corrected chi connectivity index (χ2v) is 5.44. The summed E-state index contributed by atoms with van der Waals surface area (Å²) in [6, 6.07) is 5.39. The number of nitrogens with one attached hydrogen (secondary N) is 1. The van der Waals surface area contributed by atoms with Crippen LogP contribution in [0.1, 0.15) is 20.3 Å². The fourth-order valence-electron chi connectivity index (χ4n) is 2.33. The molecule has 1 atom stereocenters. The maximum absolute atomic E-state index is 13.8. The van der Waals surface area contributed by atoms with Crippen molar-refractivity contribution in [3.05, 3.63) is 24.0 Å². The number of halogens is 1. The largest absolute Gasteiger partial charge is 0.399 e. The van der Waals surface area contributed by atoms with Crippen LogP contribution in [0.25, 0.3) is 0 Å². The molecule has 0 aromatic heterocycles. The lowest BCUT2D eigenvalue weighted by atomic mass is 10.2. The number of rotatable bonds is 4. The molecular formula is C14H22FN3. The molecule has 1 heterocycles. The lowest BCUT2D eigenvalue weighted by Crippen LogP contribution is -2.35. The quantitative estimate of drug-likeness (QED) is 0.806. The van der Waals surface area contributed by atoms with Crippen molar-refractivity contribution in [1.82, 2.24) is 5.32 Å². The zero-order chi connectivity index (χ0) is 13.1. The number of anilines is 2. The summed E-state index contributed by atoms with van der Waals surface area (Å²) in [5, 5.41) is 3.52. The first kappa shape index (κ1) is 13.1. The molecule has 18 heavy (non-hydrogen) atoms. The summed E-state index contributed by atoms with van der Waals surface area (Å²) in [5.74, 6) is 0.423. The second-order valence-electron chi connectivity index (χ2n) is 5.44.